The van der Waals surface area contributed by atoms with Gasteiger partial charge in [0, 0.05) is 9.79 Å². The summed E-state index contributed by atoms with van der Waals surface area (Å²) in [5.41, 5.74) is 11.6. The second-order valence-corrected chi connectivity index (χ2v) is 5.75. The van der Waals surface area contributed by atoms with Crippen molar-refractivity contribution in [2.24, 2.45) is 0 Å². The van der Waals surface area contributed by atoms with Crippen molar-refractivity contribution in [2.45, 2.75) is 9.79 Å². The van der Waals surface area contributed by atoms with E-state index in [1.165, 1.54) is 11.8 Å². The lowest BCUT2D eigenvalue weighted by atomic mass is 10.3. The summed E-state index contributed by atoms with van der Waals surface area (Å²) in [6.07, 6.45) is 0. The number of halogens is 2. The van der Waals surface area contributed by atoms with Crippen molar-refractivity contribution in [1.82, 2.24) is 0 Å². The molecule has 6 N–H and O–H groups in total. The molecule has 19 heavy (non-hydrogen) atoms. The summed E-state index contributed by atoms with van der Waals surface area (Å²) in [6.45, 7) is 0. The number of phenols is 2. The van der Waals surface area contributed by atoms with Crippen LogP contribution in [0.25, 0.3) is 0 Å². The number of aromatic hydroxyl groups is 2. The van der Waals surface area contributed by atoms with E-state index in [1.54, 1.807) is 24.3 Å². The lowest BCUT2D eigenvalue weighted by molar-refractivity contribution is 0.477. The van der Waals surface area contributed by atoms with Crippen molar-refractivity contribution in [3.63, 3.8) is 0 Å². The van der Waals surface area contributed by atoms with Gasteiger partial charge in [0.25, 0.3) is 0 Å². The number of hydrogen-bond donors (Lipinski definition) is 4. The fourth-order valence-electron chi connectivity index (χ4n) is 1.44. The average molecular weight is 317 g/mol. The average Bonchev–Trinajstić information content (AvgIpc) is 2.33. The Labute approximate surface area is 123 Å². The summed E-state index contributed by atoms with van der Waals surface area (Å²) in [7, 11) is 0. The molecule has 0 amide bonds. The zero-order valence-electron chi connectivity index (χ0n) is 9.52. The molecule has 0 fully saturated rings. The minimum Gasteiger partial charge on any atom is -0.504 e. The topological polar surface area (TPSA) is 92.5 Å². The van der Waals surface area contributed by atoms with Gasteiger partial charge in [0.15, 0.2) is 11.5 Å². The second kappa shape index (κ2) is 5.28. The maximum absolute atomic E-state index is 9.48. The van der Waals surface area contributed by atoms with E-state index in [0.717, 1.165) is 9.79 Å². The Bertz CT molecular complexity index is 548. The smallest absolute Gasteiger partial charge is 0.157 e. The van der Waals surface area contributed by atoms with Crippen molar-refractivity contribution >= 4 is 46.3 Å². The largest absolute Gasteiger partial charge is 0.504 e. The molecule has 0 aromatic heterocycles. The molecule has 4 nitrogen and oxygen atoms in total. The van der Waals surface area contributed by atoms with Gasteiger partial charge in [-0.2, -0.15) is 0 Å². The highest BCUT2D eigenvalue weighted by atomic mass is 35.5. The summed E-state index contributed by atoms with van der Waals surface area (Å²) >= 11 is 13.0. The second-order valence-electron chi connectivity index (χ2n) is 3.79. The van der Waals surface area contributed by atoms with E-state index in [2.05, 4.69) is 0 Å². The third kappa shape index (κ3) is 2.94. The van der Waals surface area contributed by atoms with Gasteiger partial charge in [-0.05, 0) is 24.3 Å². The molecule has 0 heterocycles. The van der Waals surface area contributed by atoms with Gasteiger partial charge in [0.05, 0.1) is 21.4 Å². The minimum atomic E-state index is -0.144. The van der Waals surface area contributed by atoms with Crippen LogP contribution in [0.3, 0.4) is 0 Å². The van der Waals surface area contributed by atoms with Crippen LogP contribution in [0.1, 0.15) is 0 Å². The van der Waals surface area contributed by atoms with Crippen molar-refractivity contribution in [3.8, 4) is 11.5 Å². The Morgan fingerprint density at radius 2 is 1.16 bits per heavy atom. The molecule has 0 unspecified atom stereocenters. The Morgan fingerprint density at radius 3 is 1.47 bits per heavy atom. The van der Waals surface area contributed by atoms with Gasteiger partial charge in [0.2, 0.25) is 0 Å². The summed E-state index contributed by atoms with van der Waals surface area (Å²) in [4.78, 5) is 1.45. The quantitative estimate of drug-likeness (QED) is 0.500. The zero-order valence-corrected chi connectivity index (χ0v) is 11.9. The van der Waals surface area contributed by atoms with Crippen LogP contribution in [-0.4, -0.2) is 10.2 Å². The van der Waals surface area contributed by atoms with E-state index in [-0.39, 0.29) is 32.9 Å². The van der Waals surface area contributed by atoms with E-state index in [4.69, 9.17) is 34.7 Å². The van der Waals surface area contributed by atoms with Crippen molar-refractivity contribution < 1.29 is 10.2 Å². The molecule has 100 valence electrons. The van der Waals surface area contributed by atoms with Crippen LogP contribution >= 0.6 is 35.0 Å². The molecule has 2 aromatic carbocycles. The van der Waals surface area contributed by atoms with Gasteiger partial charge in [-0.25, -0.2) is 0 Å². The fourth-order valence-corrected chi connectivity index (χ4v) is 3.02. The molecule has 0 aliphatic rings. The van der Waals surface area contributed by atoms with Crippen molar-refractivity contribution in [3.05, 3.63) is 34.3 Å². The van der Waals surface area contributed by atoms with Crippen molar-refractivity contribution in [1.29, 1.82) is 0 Å². The molecule has 0 aliphatic carbocycles. The normalized spacial score (nSPS) is 10.6. The van der Waals surface area contributed by atoms with Gasteiger partial charge < -0.3 is 21.7 Å². The first kappa shape index (κ1) is 14.0. The third-order valence-electron chi connectivity index (χ3n) is 2.37. The summed E-state index contributed by atoms with van der Waals surface area (Å²) in [5, 5.41) is 19.3. The molecule has 2 rings (SSSR count). The highest BCUT2D eigenvalue weighted by Crippen LogP contribution is 2.40. The van der Waals surface area contributed by atoms with Crippen LogP contribution in [0.5, 0.6) is 11.5 Å². The van der Waals surface area contributed by atoms with Gasteiger partial charge >= 0.3 is 0 Å². The predicted molar refractivity (Wildman–Crippen MR) is 79.2 cm³/mol. The van der Waals surface area contributed by atoms with Crippen LogP contribution in [0.2, 0.25) is 10.0 Å². The summed E-state index contributed by atoms with van der Waals surface area (Å²) in [6, 6.07) is 6.33. The molecule has 0 bridgehead atoms. The van der Waals surface area contributed by atoms with E-state index >= 15 is 0 Å². The van der Waals surface area contributed by atoms with Crippen LogP contribution in [0.4, 0.5) is 11.4 Å². The first-order chi connectivity index (χ1) is 8.88. The standard InChI is InChI=1S/C12H10Cl2N2O2S/c13-7-1-5(3-9(15)11(7)17)19-6-2-8(14)12(18)10(16)4-6/h1-4,17-18H,15-16H2. The van der Waals surface area contributed by atoms with E-state index in [9.17, 15) is 10.2 Å². The van der Waals surface area contributed by atoms with Gasteiger partial charge in [-0.3, -0.25) is 0 Å². The molecule has 0 saturated heterocycles. The molecule has 0 aliphatic heterocycles. The lowest BCUT2D eigenvalue weighted by Crippen LogP contribution is -1.89. The van der Waals surface area contributed by atoms with Crippen LogP contribution in [0, 0.1) is 0 Å². The predicted octanol–water partition coefficient (Wildman–Crippen LogP) is 3.72. The monoisotopic (exact) mass is 316 g/mol. The van der Waals surface area contributed by atoms with Gasteiger partial charge in [-0.1, -0.05) is 35.0 Å². The zero-order chi connectivity index (χ0) is 14.2. The number of nitrogen functional groups attached to an aromatic ring is 2. The molecule has 7 heteroatoms. The van der Waals surface area contributed by atoms with E-state index in [1.807, 2.05) is 0 Å². The molecule has 0 saturated carbocycles. The highest BCUT2D eigenvalue weighted by Gasteiger charge is 2.10. The lowest BCUT2D eigenvalue weighted by Gasteiger charge is -2.08. The summed E-state index contributed by atoms with van der Waals surface area (Å²) < 4.78 is 0. The Morgan fingerprint density at radius 1 is 0.789 bits per heavy atom. The molecule has 0 spiro atoms. The number of phenolic OH excluding ortho intramolecular Hbond substituents is 2. The molecule has 2 aromatic rings. The number of anilines is 2. The first-order valence-corrected chi connectivity index (χ1v) is 6.69. The van der Waals surface area contributed by atoms with E-state index in [0.29, 0.717) is 0 Å². The van der Waals surface area contributed by atoms with Gasteiger partial charge in [-0.15, -0.1) is 0 Å². The molecule has 0 atom stereocenters. The number of benzene rings is 2. The van der Waals surface area contributed by atoms with Crippen LogP contribution in [0.15, 0.2) is 34.1 Å². The van der Waals surface area contributed by atoms with Gasteiger partial charge in [0.1, 0.15) is 0 Å². The Balaban J connectivity index is 2.36. The number of nitrogens with two attached hydrogens (primary N) is 2. The maximum Gasteiger partial charge on any atom is 0.157 e. The SMILES string of the molecule is Nc1cc(Sc2cc(N)c(O)c(Cl)c2)cc(Cl)c1O. The van der Waals surface area contributed by atoms with E-state index < -0.39 is 0 Å². The fraction of sp³-hybridized carbons (Fsp3) is 0. The third-order valence-corrected chi connectivity index (χ3v) is 3.89. The Kier molecular flexibility index (Phi) is 3.89. The first-order valence-electron chi connectivity index (χ1n) is 5.12. The van der Waals surface area contributed by atoms with Crippen molar-refractivity contribution in [2.75, 3.05) is 11.5 Å². The van der Waals surface area contributed by atoms with Crippen LogP contribution in [-0.2, 0) is 0 Å². The van der Waals surface area contributed by atoms with Crippen LogP contribution < -0.4 is 11.5 Å². The highest BCUT2D eigenvalue weighted by molar-refractivity contribution is 7.99. The molecular weight excluding hydrogens is 307 g/mol. The maximum atomic E-state index is 9.48. The molecular formula is C12H10Cl2N2O2S. The number of rotatable bonds is 2. The minimum absolute atomic E-state index is 0.144. The molecule has 0 radical (unpaired) electrons. The summed E-state index contributed by atoms with van der Waals surface area (Å²) in [5.74, 6) is -0.288. The Hall–Kier alpha value is -1.43. The number of hydrogen-bond acceptors (Lipinski definition) is 5.